The highest BCUT2D eigenvalue weighted by Gasteiger charge is 2.34. The Morgan fingerprint density at radius 3 is 2.07 bits per heavy atom. The largest absolute Gasteiger partial charge is 0.340 e. The molecule has 0 spiro atoms. The number of hydrogen-bond acceptors (Lipinski definition) is 3. The van der Waals surface area contributed by atoms with E-state index in [4.69, 9.17) is 9.47 Å². The highest BCUT2D eigenvalue weighted by atomic mass is 16.7. The quantitative estimate of drug-likeness (QED) is 0.669. The van der Waals surface area contributed by atoms with Crippen molar-refractivity contribution in [1.82, 2.24) is 0 Å². The Morgan fingerprint density at radius 1 is 1.13 bits per heavy atom. The summed E-state index contributed by atoms with van der Waals surface area (Å²) in [5.41, 5.74) is 0.670. The molecule has 0 aliphatic carbocycles. The van der Waals surface area contributed by atoms with Crippen LogP contribution in [-0.4, -0.2) is 19.5 Å². The van der Waals surface area contributed by atoms with Crippen LogP contribution in [0, 0.1) is 0 Å². The van der Waals surface area contributed by atoms with Crippen LogP contribution >= 0.6 is 0 Å². The molecule has 81 valence electrons. The first-order valence-electron chi connectivity index (χ1n) is 5.01. The van der Waals surface area contributed by atoms with E-state index in [-0.39, 0.29) is 0 Å². The monoisotopic (exact) mass is 207 g/mol. The van der Waals surface area contributed by atoms with Crippen LogP contribution in [0.3, 0.4) is 0 Å². The van der Waals surface area contributed by atoms with Crippen molar-refractivity contribution in [2.75, 3.05) is 13.2 Å². The molecule has 0 amide bonds. The molecular formula is C12H15O3. The molecule has 0 aliphatic rings. The fourth-order valence-electron chi connectivity index (χ4n) is 1.39. The zero-order valence-electron chi connectivity index (χ0n) is 9.03. The smallest absolute Gasteiger partial charge is 0.268 e. The third kappa shape index (κ3) is 2.64. The van der Waals surface area contributed by atoms with Crippen LogP contribution < -0.4 is 0 Å². The summed E-state index contributed by atoms with van der Waals surface area (Å²) in [5, 5.41) is 0. The molecule has 1 aromatic carbocycles. The molecule has 0 fully saturated rings. The van der Waals surface area contributed by atoms with Gasteiger partial charge in [-0.3, -0.25) is 4.79 Å². The third-order valence-electron chi connectivity index (χ3n) is 1.98. The average molecular weight is 207 g/mol. The van der Waals surface area contributed by atoms with Crippen LogP contribution in [-0.2, 0) is 20.1 Å². The topological polar surface area (TPSA) is 35.5 Å². The summed E-state index contributed by atoms with van der Waals surface area (Å²) in [6.45, 7) is 4.41. The number of benzene rings is 1. The lowest BCUT2D eigenvalue weighted by Crippen LogP contribution is -2.35. The van der Waals surface area contributed by atoms with Gasteiger partial charge in [0, 0.05) is 18.8 Å². The fraction of sp³-hybridized carbons (Fsp3) is 0.417. The first-order chi connectivity index (χ1) is 7.29. The molecular weight excluding hydrogens is 192 g/mol. The molecule has 15 heavy (non-hydrogen) atoms. The van der Waals surface area contributed by atoms with Crippen LogP contribution in [0.2, 0.25) is 0 Å². The van der Waals surface area contributed by atoms with Crippen molar-refractivity contribution in [1.29, 1.82) is 0 Å². The van der Waals surface area contributed by atoms with Crippen molar-refractivity contribution in [3.63, 3.8) is 0 Å². The normalized spacial score (nSPS) is 11.3. The molecule has 3 nitrogen and oxygen atoms in total. The summed E-state index contributed by atoms with van der Waals surface area (Å²) < 4.78 is 10.7. The van der Waals surface area contributed by atoms with Gasteiger partial charge in [0.15, 0.2) is 0 Å². The molecule has 0 saturated carbocycles. The SMILES string of the molecule is CCOC([C]=O)(OCC)c1ccccc1. The summed E-state index contributed by atoms with van der Waals surface area (Å²) in [7, 11) is 0. The predicted molar refractivity (Wildman–Crippen MR) is 57.1 cm³/mol. The van der Waals surface area contributed by atoms with Crippen LogP contribution in [0.25, 0.3) is 0 Å². The molecule has 1 radical (unpaired) electrons. The zero-order chi connectivity index (χ0) is 11.1. The second-order valence-corrected chi connectivity index (χ2v) is 2.95. The Labute approximate surface area is 90.0 Å². The van der Waals surface area contributed by atoms with Gasteiger partial charge in [0.05, 0.1) is 0 Å². The maximum Gasteiger partial charge on any atom is 0.268 e. The van der Waals surface area contributed by atoms with E-state index in [0.717, 1.165) is 0 Å². The van der Waals surface area contributed by atoms with Crippen molar-refractivity contribution in [2.45, 2.75) is 19.6 Å². The summed E-state index contributed by atoms with van der Waals surface area (Å²) in [4.78, 5) is 11.0. The molecule has 1 aromatic rings. The van der Waals surface area contributed by atoms with Gasteiger partial charge >= 0.3 is 0 Å². The van der Waals surface area contributed by atoms with Gasteiger partial charge < -0.3 is 9.47 Å². The van der Waals surface area contributed by atoms with E-state index < -0.39 is 5.79 Å². The molecule has 0 heterocycles. The lowest BCUT2D eigenvalue weighted by Gasteiger charge is -2.26. The van der Waals surface area contributed by atoms with Crippen LogP contribution in [0.4, 0.5) is 0 Å². The molecule has 0 unspecified atom stereocenters. The average Bonchev–Trinajstić information content (AvgIpc) is 2.30. The highest BCUT2D eigenvalue weighted by molar-refractivity contribution is 5.64. The molecule has 0 bridgehead atoms. The molecule has 1 rings (SSSR count). The van der Waals surface area contributed by atoms with E-state index in [1.807, 2.05) is 38.3 Å². The van der Waals surface area contributed by atoms with Gasteiger partial charge in [0.2, 0.25) is 0 Å². The van der Waals surface area contributed by atoms with E-state index >= 15 is 0 Å². The summed E-state index contributed by atoms with van der Waals surface area (Å²) in [6.07, 6.45) is 1.84. The molecule has 0 saturated heterocycles. The lowest BCUT2D eigenvalue weighted by molar-refractivity contribution is -0.191. The van der Waals surface area contributed by atoms with Gasteiger partial charge in [-0.05, 0) is 13.8 Å². The van der Waals surface area contributed by atoms with Gasteiger partial charge in [-0.2, -0.15) is 0 Å². The maximum absolute atomic E-state index is 11.0. The van der Waals surface area contributed by atoms with Crippen molar-refractivity contribution in [2.24, 2.45) is 0 Å². The molecule has 0 aromatic heterocycles. The Hall–Kier alpha value is -1.19. The van der Waals surface area contributed by atoms with E-state index in [9.17, 15) is 4.79 Å². The van der Waals surface area contributed by atoms with E-state index in [1.165, 1.54) is 0 Å². The predicted octanol–water partition coefficient (Wildman–Crippen LogP) is 2.02. The maximum atomic E-state index is 11.0. The van der Waals surface area contributed by atoms with Crippen LogP contribution in [0.5, 0.6) is 0 Å². The minimum atomic E-state index is -1.37. The van der Waals surface area contributed by atoms with Gasteiger partial charge in [0.25, 0.3) is 12.1 Å². The van der Waals surface area contributed by atoms with Crippen LogP contribution in [0.1, 0.15) is 19.4 Å². The molecule has 0 aliphatic heterocycles. The Morgan fingerprint density at radius 2 is 1.67 bits per heavy atom. The van der Waals surface area contributed by atoms with Gasteiger partial charge in [-0.1, -0.05) is 30.3 Å². The molecule has 0 N–H and O–H groups in total. The lowest BCUT2D eigenvalue weighted by atomic mass is 10.1. The van der Waals surface area contributed by atoms with Crippen molar-refractivity contribution < 1.29 is 14.3 Å². The Balaban J connectivity index is 3.03. The fourth-order valence-corrected chi connectivity index (χ4v) is 1.39. The van der Waals surface area contributed by atoms with E-state index in [2.05, 4.69) is 0 Å². The van der Waals surface area contributed by atoms with Gasteiger partial charge in [-0.15, -0.1) is 0 Å². The number of rotatable bonds is 6. The Bertz CT molecular complexity index is 289. The second kappa shape index (κ2) is 5.63. The van der Waals surface area contributed by atoms with E-state index in [1.54, 1.807) is 12.1 Å². The summed E-state index contributed by atoms with van der Waals surface area (Å²) in [5.74, 6) is -1.37. The standard InChI is InChI=1S/C12H15O3/c1-3-14-12(10-13,15-4-2)11-8-6-5-7-9-11/h5-9H,3-4H2,1-2H3. The zero-order valence-corrected chi connectivity index (χ0v) is 9.03. The number of hydrogen-bond donors (Lipinski definition) is 0. The van der Waals surface area contributed by atoms with E-state index in [0.29, 0.717) is 18.8 Å². The third-order valence-corrected chi connectivity index (χ3v) is 1.98. The Kier molecular flexibility index (Phi) is 4.46. The molecule has 0 atom stereocenters. The second-order valence-electron chi connectivity index (χ2n) is 2.95. The minimum Gasteiger partial charge on any atom is -0.340 e. The number of ether oxygens (including phenoxy) is 2. The minimum absolute atomic E-state index is 0.393. The van der Waals surface area contributed by atoms with Crippen molar-refractivity contribution >= 4 is 6.29 Å². The summed E-state index contributed by atoms with van der Waals surface area (Å²) in [6, 6.07) is 9.11. The van der Waals surface area contributed by atoms with Crippen LogP contribution in [0.15, 0.2) is 30.3 Å². The van der Waals surface area contributed by atoms with Gasteiger partial charge in [0.1, 0.15) is 0 Å². The molecule has 3 heteroatoms. The van der Waals surface area contributed by atoms with Crippen molar-refractivity contribution in [3.05, 3.63) is 35.9 Å². The highest BCUT2D eigenvalue weighted by Crippen LogP contribution is 2.24. The first kappa shape index (κ1) is 11.9. The number of carbonyl (C=O) groups excluding carboxylic acids is 1. The summed E-state index contributed by atoms with van der Waals surface area (Å²) >= 11 is 0. The first-order valence-corrected chi connectivity index (χ1v) is 5.01. The van der Waals surface area contributed by atoms with Gasteiger partial charge in [-0.25, -0.2) is 0 Å². The van der Waals surface area contributed by atoms with Crippen molar-refractivity contribution in [3.8, 4) is 0 Å².